The number of phenolic OH excluding ortho intramolecular Hbond substituents is 1. The maximum Gasteiger partial charge on any atom is 0.336 e. The second-order valence-electron chi connectivity index (χ2n) is 5.84. The first-order valence-corrected chi connectivity index (χ1v) is 7.71. The van der Waals surface area contributed by atoms with Crippen LogP contribution in [-0.4, -0.2) is 11.1 Å². The van der Waals surface area contributed by atoms with Gasteiger partial charge in [-0.1, -0.05) is 25.7 Å². The van der Waals surface area contributed by atoms with E-state index in [1.807, 2.05) is 0 Å². The summed E-state index contributed by atoms with van der Waals surface area (Å²) < 4.78 is 5.15. The van der Waals surface area contributed by atoms with Crippen LogP contribution in [0.5, 0.6) is 5.75 Å². The lowest BCUT2D eigenvalue weighted by atomic mass is 10.1. The molecule has 0 aliphatic heterocycles. The van der Waals surface area contributed by atoms with Gasteiger partial charge < -0.3 is 14.8 Å². The van der Waals surface area contributed by atoms with E-state index in [-0.39, 0.29) is 11.4 Å². The molecule has 0 spiro atoms. The molecule has 0 bridgehead atoms. The minimum atomic E-state index is -0.370. The topological polar surface area (TPSA) is 62.5 Å². The molecule has 1 aliphatic rings. The fourth-order valence-corrected chi connectivity index (χ4v) is 3.10. The Labute approximate surface area is 123 Å². The van der Waals surface area contributed by atoms with Crippen LogP contribution in [-0.2, 0) is 6.54 Å². The Hall–Kier alpha value is -1.81. The van der Waals surface area contributed by atoms with Gasteiger partial charge in [0.05, 0.1) is 0 Å². The highest BCUT2D eigenvalue weighted by Gasteiger charge is 2.13. The van der Waals surface area contributed by atoms with Crippen LogP contribution in [0.4, 0.5) is 0 Å². The summed E-state index contributed by atoms with van der Waals surface area (Å²) in [5.74, 6) is 0.111. The smallest absolute Gasteiger partial charge is 0.336 e. The van der Waals surface area contributed by atoms with Gasteiger partial charge in [-0.05, 0) is 30.5 Å². The minimum Gasteiger partial charge on any atom is -0.508 e. The molecule has 21 heavy (non-hydrogen) atoms. The fourth-order valence-electron chi connectivity index (χ4n) is 3.10. The van der Waals surface area contributed by atoms with Gasteiger partial charge in [-0.2, -0.15) is 0 Å². The molecule has 2 N–H and O–H groups in total. The fraction of sp³-hybridized carbons (Fsp3) is 0.471. The molecule has 1 saturated carbocycles. The Kier molecular flexibility index (Phi) is 4.25. The van der Waals surface area contributed by atoms with E-state index in [0.717, 1.165) is 10.9 Å². The molecule has 3 rings (SSSR count). The summed E-state index contributed by atoms with van der Waals surface area (Å²) in [7, 11) is 0. The largest absolute Gasteiger partial charge is 0.508 e. The zero-order chi connectivity index (χ0) is 14.7. The molecule has 0 amide bonds. The number of phenols is 1. The van der Waals surface area contributed by atoms with E-state index in [1.54, 1.807) is 18.2 Å². The van der Waals surface area contributed by atoms with Gasteiger partial charge in [0, 0.05) is 30.1 Å². The summed E-state index contributed by atoms with van der Waals surface area (Å²) in [6.45, 7) is 0.664. The van der Waals surface area contributed by atoms with Gasteiger partial charge in [0.1, 0.15) is 11.3 Å². The van der Waals surface area contributed by atoms with Crippen LogP contribution in [0.15, 0.2) is 33.5 Å². The van der Waals surface area contributed by atoms with E-state index < -0.39 is 0 Å². The van der Waals surface area contributed by atoms with Crippen molar-refractivity contribution < 1.29 is 9.52 Å². The standard InChI is InChI=1S/C17H21NO3/c19-14-7-8-15-12(9-17(20)21-16(15)10-14)11-18-13-5-3-1-2-4-6-13/h7-10,13,18-19H,1-6,11H2. The molecular weight excluding hydrogens is 266 g/mol. The van der Waals surface area contributed by atoms with Gasteiger partial charge in [-0.15, -0.1) is 0 Å². The van der Waals surface area contributed by atoms with Crippen molar-refractivity contribution in [3.8, 4) is 5.75 Å². The van der Waals surface area contributed by atoms with Crippen LogP contribution < -0.4 is 10.9 Å². The molecule has 0 atom stereocenters. The summed E-state index contributed by atoms with van der Waals surface area (Å²) in [5, 5.41) is 14.0. The molecule has 1 aromatic carbocycles. The van der Waals surface area contributed by atoms with E-state index in [4.69, 9.17) is 4.42 Å². The maximum atomic E-state index is 11.6. The molecule has 112 valence electrons. The Morgan fingerprint density at radius 2 is 1.90 bits per heavy atom. The molecule has 4 heteroatoms. The van der Waals surface area contributed by atoms with Crippen molar-refractivity contribution in [2.75, 3.05) is 0 Å². The van der Waals surface area contributed by atoms with Gasteiger partial charge in [0.25, 0.3) is 0 Å². The second kappa shape index (κ2) is 6.31. The lowest BCUT2D eigenvalue weighted by Crippen LogP contribution is -2.28. The van der Waals surface area contributed by atoms with E-state index in [0.29, 0.717) is 18.2 Å². The Morgan fingerprint density at radius 3 is 2.67 bits per heavy atom. The first kappa shape index (κ1) is 14.1. The molecule has 1 aromatic heterocycles. The molecule has 4 nitrogen and oxygen atoms in total. The van der Waals surface area contributed by atoms with Gasteiger partial charge in [-0.25, -0.2) is 4.79 Å². The van der Waals surface area contributed by atoms with Gasteiger partial charge >= 0.3 is 5.63 Å². The Balaban J connectivity index is 1.81. The number of benzene rings is 1. The second-order valence-corrected chi connectivity index (χ2v) is 5.84. The summed E-state index contributed by atoms with van der Waals surface area (Å²) in [5.41, 5.74) is 1.01. The van der Waals surface area contributed by atoms with Gasteiger partial charge in [-0.3, -0.25) is 0 Å². The summed E-state index contributed by atoms with van der Waals surface area (Å²) >= 11 is 0. The first-order chi connectivity index (χ1) is 10.2. The molecule has 0 radical (unpaired) electrons. The molecule has 0 unspecified atom stereocenters. The quantitative estimate of drug-likeness (QED) is 0.671. The minimum absolute atomic E-state index is 0.111. The summed E-state index contributed by atoms with van der Waals surface area (Å²) in [4.78, 5) is 11.6. The van der Waals surface area contributed by atoms with Crippen LogP contribution >= 0.6 is 0 Å². The average Bonchev–Trinajstić information content (AvgIpc) is 2.72. The summed E-state index contributed by atoms with van der Waals surface area (Å²) in [6, 6.07) is 7.00. The molecule has 1 aliphatic carbocycles. The van der Waals surface area contributed by atoms with E-state index in [9.17, 15) is 9.90 Å². The van der Waals surface area contributed by atoms with Gasteiger partial charge in [0.15, 0.2) is 0 Å². The predicted octanol–water partition coefficient (Wildman–Crippen LogP) is 3.31. The van der Waals surface area contributed by atoms with Crippen LogP contribution in [0.25, 0.3) is 11.0 Å². The van der Waals surface area contributed by atoms with Crippen molar-refractivity contribution in [3.05, 3.63) is 40.2 Å². The molecule has 0 saturated heterocycles. The normalized spacial score (nSPS) is 17.0. The number of nitrogens with one attached hydrogen (secondary N) is 1. The van der Waals surface area contributed by atoms with Crippen molar-refractivity contribution in [3.63, 3.8) is 0 Å². The molecule has 1 heterocycles. The third-order valence-corrected chi connectivity index (χ3v) is 4.25. The SMILES string of the molecule is O=c1cc(CNC2CCCCCC2)c2ccc(O)cc2o1. The number of aromatic hydroxyl groups is 1. The summed E-state index contributed by atoms with van der Waals surface area (Å²) in [6.07, 6.45) is 7.64. The van der Waals surface area contributed by atoms with Gasteiger partial charge in [0.2, 0.25) is 0 Å². The van der Waals surface area contributed by atoms with Crippen LogP contribution in [0.1, 0.15) is 44.1 Å². The third-order valence-electron chi connectivity index (χ3n) is 4.25. The lowest BCUT2D eigenvalue weighted by Gasteiger charge is -2.16. The highest BCUT2D eigenvalue weighted by molar-refractivity contribution is 5.81. The molecule has 1 fully saturated rings. The zero-order valence-electron chi connectivity index (χ0n) is 12.1. The lowest BCUT2D eigenvalue weighted by molar-refractivity contribution is 0.457. The number of hydrogen-bond donors (Lipinski definition) is 2. The van der Waals surface area contributed by atoms with Crippen LogP contribution in [0.2, 0.25) is 0 Å². The predicted molar refractivity (Wildman–Crippen MR) is 82.5 cm³/mol. The molecular formula is C17H21NO3. The van der Waals surface area contributed by atoms with E-state index >= 15 is 0 Å². The highest BCUT2D eigenvalue weighted by atomic mass is 16.4. The average molecular weight is 287 g/mol. The Bertz CT molecular complexity index is 669. The van der Waals surface area contributed by atoms with Crippen LogP contribution in [0.3, 0.4) is 0 Å². The van der Waals surface area contributed by atoms with Crippen molar-refractivity contribution >= 4 is 11.0 Å². The molecule has 2 aromatic rings. The van der Waals surface area contributed by atoms with Crippen LogP contribution in [0, 0.1) is 0 Å². The number of fused-ring (bicyclic) bond motifs is 1. The third kappa shape index (κ3) is 3.45. The van der Waals surface area contributed by atoms with Crippen molar-refractivity contribution in [1.82, 2.24) is 5.32 Å². The van der Waals surface area contributed by atoms with Crippen molar-refractivity contribution in [2.45, 2.75) is 51.1 Å². The number of hydrogen-bond acceptors (Lipinski definition) is 4. The first-order valence-electron chi connectivity index (χ1n) is 7.71. The zero-order valence-corrected chi connectivity index (χ0v) is 12.1. The van der Waals surface area contributed by atoms with Crippen molar-refractivity contribution in [1.29, 1.82) is 0 Å². The van der Waals surface area contributed by atoms with Crippen molar-refractivity contribution in [2.24, 2.45) is 0 Å². The maximum absolute atomic E-state index is 11.6. The Morgan fingerprint density at radius 1 is 1.14 bits per heavy atom. The highest BCUT2D eigenvalue weighted by Crippen LogP contribution is 2.22. The number of rotatable bonds is 3. The van der Waals surface area contributed by atoms with E-state index in [1.165, 1.54) is 44.6 Å². The monoisotopic (exact) mass is 287 g/mol. The van der Waals surface area contributed by atoms with E-state index in [2.05, 4.69) is 5.32 Å².